The van der Waals surface area contributed by atoms with Gasteiger partial charge in [-0.25, -0.2) is 4.39 Å². The lowest BCUT2D eigenvalue weighted by Crippen LogP contribution is -2.06. The molecule has 4 nitrogen and oxygen atoms in total. The predicted octanol–water partition coefficient (Wildman–Crippen LogP) is 4.78. The zero-order valence-corrected chi connectivity index (χ0v) is 13.7. The van der Waals surface area contributed by atoms with Crippen molar-refractivity contribution in [2.75, 3.05) is 5.32 Å². The van der Waals surface area contributed by atoms with Crippen molar-refractivity contribution in [3.63, 3.8) is 0 Å². The molecule has 3 heterocycles. The van der Waals surface area contributed by atoms with Gasteiger partial charge in [0.1, 0.15) is 0 Å². The minimum absolute atomic E-state index is 0.268. The first-order valence-corrected chi connectivity index (χ1v) is 7.84. The minimum atomic E-state index is -4.50. The Morgan fingerprint density at radius 1 is 1.28 bits per heavy atom. The van der Waals surface area contributed by atoms with E-state index in [2.05, 4.69) is 22.0 Å². The number of pyridine rings is 1. The van der Waals surface area contributed by atoms with Crippen LogP contribution in [0.2, 0.25) is 0 Å². The fourth-order valence-corrected chi connectivity index (χ4v) is 3.19. The van der Waals surface area contributed by atoms with Crippen molar-refractivity contribution in [1.82, 2.24) is 14.8 Å². The topological polar surface area (TPSA) is 42.7 Å². The average Bonchev–Trinajstić information content (AvgIpc) is 3.13. The highest BCUT2D eigenvalue weighted by atomic mass is 32.1. The van der Waals surface area contributed by atoms with Gasteiger partial charge in [-0.1, -0.05) is 6.58 Å². The molecule has 0 spiro atoms. The largest absolute Gasteiger partial charge is 0.435 e. The number of nitrogens with one attached hydrogen (secondary N) is 1. The summed E-state index contributed by atoms with van der Waals surface area (Å²) in [4.78, 5) is 4.26. The maximum atomic E-state index is 13.7. The Balaban J connectivity index is 1.83. The standard InChI is InChI=1S/C16H12F4N4S/c1-9(10-5-6-21-8-11(10)17)22-15-4-3-13(25-15)12-7-14(16(18,19)20)23-24(12)2/h3-8,22H,1H2,2H3. The zero-order chi connectivity index (χ0) is 18.2. The van der Waals surface area contributed by atoms with E-state index >= 15 is 0 Å². The van der Waals surface area contributed by atoms with Crippen molar-refractivity contribution in [2.45, 2.75) is 6.18 Å². The lowest BCUT2D eigenvalue weighted by Gasteiger charge is -2.08. The van der Waals surface area contributed by atoms with E-state index in [1.165, 1.54) is 35.3 Å². The zero-order valence-electron chi connectivity index (χ0n) is 12.9. The van der Waals surface area contributed by atoms with Gasteiger partial charge in [0.2, 0.25) is 0 Å². The van der Waals surface area contributed by atoms with Gasteiger partial charge >= 0.3 is 6.18 Å². The predicted molar refractivity (Wildman–Crippen MR) is 88.4 cm³/mol. The first kappa shape index (κ1) is 17.2. The number of hydrogen-bond acceptors (Lipinski definition) is 4. The number of nitrogens with zero attached hydrogens (tertiary/aromatic N) is 3. The number of anilines is 1. The van der Waals surface area contributed by atoms with Crippen molar-refractivity contribution in [1.29, 1.82) is 0 Å². The van der Waals surface area contributed by atoms with Gasteiger partial charge in [0.05, 0.1) is 21.8 Å². The summed E-state index contributed by atoms with van der Waals surface area (Å²) in [6.07, 6.45) is -1.97. The van der Waals surface area contributed by atoms with Gasteiger partial charge in [0, 0.05) is 24.5 Å². The van der Waals surface area contributed by atoms with Gasteiger partial charge in [0.15, 0.2) is 11.5 Å². The summed E-state index contributed by atoms with van der Waals surface area (Å²) in [5, 5.41) is 7.06. The normalized spacial score (nSPS) is 11.6. The molecule has 0 atom stereocenters. The first-order chi connectivity index (χ1) is 11.8. The Bertz CT molecular complexity index is 926. The third-order valence-electron chi connectivity index (χ3n) is 3.40. The summed E-state index contributed by atoms with van der Waals surface area (Å²) in [5.74, 6) is -0.516. The molecule has 0 aliphatic carbocycles. The molecule has 0 saturated carbocycles. The molecule has 25 heavy (non-hydrogen) atoms. The van der Waals surface area contributed by atoms with Gasteiger partial charge in [0.25, 0.3) is 0 Å². The minimum Gasteiger partial charge on any atom is -0.347 e. The van der Waals surface area contributed by atoms with Crippen molar-refractivity contribution >= 4 is 22.0 Å². The second kappa shape index (κ2) is 6.32. The van der Waals surface area contributed by atoms with Crippen LogP contribution in [0.4, 0.5) is 22.6 Å². The number of hydrogen-bond donors (Lipinski definition) is 1. The Morgan fingerprint density at radius 3 is 2.68 bits per heavy atom. The van der Waals surface area contributed by atoms with E-state index in [1.54, 1.807) is 12.1 Å². The van der Waals surface area contributed by atoms with Gasteiger partial charge in [-0.15, -0.1) is 11.3 Å². The summed E-state index contributed by atoms with van der Waals surface area (Å²) >= 11 is 1.21. The average molecular weight is 368 g/mol. The number of aromatic nitrogens is 3. The molecule has 3 aromatic heterocycles. The summed E-state index contributed by atoms with van der Waals surface area (Å²) in [6.45, 7) is 3.78. The number of rotatable bonds is 4. The Kier molecular flexibility index (Phi) is 4.34. The van der Waals surface area contributed by atoms with Crippen LogP contribution >= 0.6 is 11.3 Å². The molecule has 9 heteroatoms. The monoisotopic (exact) mass is 368 g/mol. The molecule has 0 aliphatic rings. The van der Waals surface area contributed by atoms with Crippen molar-refractivity contribution < 1.29 is 17.6 Å². The van der Waals surface area contributed by atoms with Crippen LogP contribution in [0.3, 0.4) is 0 Å². The molecule has 0 radical (unpaired) electrons. The van der Waals surface area contributed by atoms with E-state index < -0.39 is 17.7 Å². The van der Waals surface area contributed by atoms with Crippen LogP contribution in [0.5, 0.6) is 0 Å². The second-order valence-corrected chi connectivity index (χ2v) is 6.24. The maximum absolute atomic E-state index is 13.7. The summed E-state index contributed by atoms with van der Waals surface area (Å²) < 4.78 is 53.2. The van der Waals surface area contributed by atoms with E-state index in [4.69, 9.17) is 0 Å². The molecule has 0 unspecified atom stereocenters. The van der Waals surface area contributed by atoms with E-state index in [-0.39, 0.29) is 5.56 Å². The lowest BCUT2D eigenvalue weighted by atomic mass is 10.2. The smallest absolute Gasteiger partial charge is 0.347 e. The number of thiophene rings is 1. The van der Waals surface area contributed by atoms with Gasteiger partial charge in [-0.2, -0.15) is 18.3 Å². The maximum Gasteiger partial charge on any atom is 0.435 e. The van der Waals surface area contributed by atoms with E-state index in [0.717, 1.165) is 12.3 Å². The van der Waals surface area contributed by atoms with Crippen molar-refractivity contribution in [3.05, 3.63) is 60.3 Å². The quantitative estimate of drug-likeness (QED) is 0.674. The van der Waals surface area contributed by atoms with E-state index in [9.17, 15) is 17.6 Å². The second-order valence-electron chi connectivity index (χ2n) is 5.16. The lowest BCUT2D eigenvalue weighted by molar-refractivity contribution is -0.141. The number of halogens is 4. The fraction of sp³-hybridized carbons (Fsp3) is 0.125. The molecule has 0 aliphatic heterocycles. The molecule has 0 saturated heterocycles. The van der Waals surface area contributed by atoms with Gasteiger partial charge < -0.3 is 5.32 Å². The van der Waals surface area contributed by atoms with Gasteiger partial charge in [-0.3, -0.25) is 9.67 Å². The van der Waals surface area contributed by atoms with Crippen LogP contribution < -0.4 is 5.32 Å². The molecular formula is C16H12F4N4S. The van der Waals surface area contributed by atoms with Crippen LogP contribution in [-0.2, 0) is 13.2 Å². The van der Waals surface area contributed by atoms with Crippen LogP contribution in [0.25, 0.3) is 16.3 Å². The highest BCUT2D eigenvalue weighted by Crippen LogP contribution is 2.36. The molecule has 130 valence electrons. The molecule has 0 bridgehead atoms. The molecule has 0 fully saturated rings. The molecule has 1 N–H and O–H groups in total. The number of alkyl halides is 3. The molecule has 0 aromatic carbocycles. The highest BCUT2D eigenvalue weighted by Gasteiger charge is 2.34. The van der Waals surface area contributed by atoms with Crippen LogP contribution in [0.1, 0.15) is 11.3 Å². The van der Waals surface area contributed by atoms with Gasteiger partial charge in [-0.05, 0) is 24.3 Å². The highest BCUT2D eigenvalue weighted by molar-refractivity contribution is 7.19. The molecule has 3 rings (SSSR count). The SMILES string of the molecule is C=C(Nc1ccc(-c2cc(C(F)(F)F)nn2C)s1)c1ccncc1F. The molecule has 3 aromatic rings. The summed E-state index contributed by atoms with van der Waals surface area (Å²) in [7, 11) is 1.45. The van der Waals surface area contributed by atoms with E-state index in [1.807, 2.05) is 0 Å². The van der Waals surface area contributed by atoms with Crippen molar-refractivity contribution in [2.24, 2.45) is 7.05 Å². The Hall–Kier alpha value is -2.68. The Morgan fingerprint density at radius 2 is 2.04 bits per heavy atom. The van der Waals surface area contributed by atoms with Crippen LogP contribution in [-0.4, -0.2) is 14.8 Å². The molecule has 0 amide bonds. The first-order valence-electron chi connectivity index (χ1n) is 7.03. The summed E-state index contributed by atoms with van der Waals surface area (Å²) in [5.41, 5.74) is -0.0126. The summed E-state index contributed by atoms with van der Waals surface area (Å²) in [6, 6.07) is 5.83. The van der Waals surface area contributed by atoms with Crippen LogP contribution in [0, 0.1) is 5.82 Å². The fourth-order valence-electron chi connectivity index (χ4n) is 2.22. The van der Waals surface area contributed by atoms with Crippen LogP contribution in [0.15, 0.2) is 43.2 Å². The third-order valence-corrected chi connectivity index (χ3v) is 4.42. The van der Waals surface area contributed by atoms with E-state index in [0.29, 0.717) is 21.3 Å². The molecular weight excluding hydrogens is 356 g/mol. The third kappa shape index (κ3) is 3.55. The van der Waals surface area contributed by atoms with Crippen molar-refractivity contribution in [3.8, 4) is 10.6 Å². The number of aryl methyl sites for hydroxylation is 1. The Labute approximate surface area is 144 Å².